The lowest BCUT2D eigenvalue weighted by Gasteiger charge is -2.22. The van der Waals surface area contributed by atoms with E-state index < -0.39 is 0 Å². The van der Waals surface area contributed by atoms with Gasteiger partial charge < -0.3 is 20.1 Å². The van der Waals surface area contributed by atoms with Gasteiger partial charge in [0.15, 0.2) is 0 Å². The van der Waals surface area contributed by atoms with Gasteiger partial charge in [-0.1, -0.05) is 162 Å². The van der Waals surface area contributed by atoms with Crippen molar-refractivity contribution < 1.29 is 14.3 Å². The van der Waals surface area contributed by atoms with Crippen molar-refractivity contribution in [3.05, 3.63) is 0 Å². The molecule has 0 aromatic rings. The maximum absolute atomic E-state index is 12.7. The lowest BCUT2D eigenvalue weighted by Crippen LogP contribution is -2.28. The fraction of sp³-hybridized carbons (Fsp3) is 0.977. The van der Waals surface area contributed by atoms with Crippen LogP contribution < -0.4 is 5.73 Å². The Hall–Kier alpha value is -0.650. The molecule has 0 saturated carbocycles. The maximum Gasteiger partial charge on any atom is 0.306 e. The van der Waals surface area contributed by atoms with Gasteiger partial charge in [0, 0.05) is 19.6 Å². The lowest BCUT2D eigenvalue weighted by atomic mass is 10.0. The summed E-state index contributed by atoms with van der Waals surface area (Å²) < 4.78 is 11.9. The highest BCUT2D eigenvalue weighted by atomic mass is 16.5. The van der Waals surface area contributed by atoms with Crippen molar-refractivity contribution in [1.29, 1.82) is 0 Å². The number of nitrogens with two attached hydrogens (primary N) is 1. The van der Waals surface area contributed by atoms with E-state index >= 15 is 0 Å². The smallest absolute Gasteiger partial charge is 0.306 e. The molecule has 2 N–H and O–H groups in total. The number of hydrogen-bond donors (Lipinski definition) is 1. The molecule has 5 heteroatoms. The summed E-state index contributed by atoms with van der Waals surface area (Å²) in [4.78, 5) is 15.4. The number of rotatable bonds is 42. The van der Waals surface area contributed by atoms with Gasteiger partial charge in [0.05, 0.1) is 0 Å². The summed E-state index contributed by atoms with van der Waals surface area (Å²) in [5.74, 6) is 0.0479. The Morgan fingerprint density at radius 3 is 1.29 bits per heavy atom. The van der Waals surface area contributed by atoms with Gasteiger partial charge in [0.2, 0.25) is 0 Å². The molecule has 0 unspecified atom stereocenters. The minimum absolute atomic E-state index is 0.0479. The molecule has 49 heavy (non-hydrogen) atoms. The molecular weight excluding hydrogens is 604 g/mol. The molecule has 5 nitrogen and oxygen atoms in total. The van der Waals surface area contributed by atoms with Crippen LogP contribution in [-0.4, -0.2) is 56.4 Å². The van der Waals surface area contributed by atoms with Crippen LogP contribution >= 0.6 is 0 Å². The number of esters is 1. The van der Waals surface area contributed by atoms with Gasteiger partial charge in [-0.05, 0) is 90.4 Å². The molecule has 0 spiro atoms. The zero-order valence-corrected chi connectivity index (χ0v) is 33.9. The van der Waals surface area contributed by atoms with Crippen LogP contribution in [0.2, 0.25) is 0 Å². The first-order valence-corrected chi connectivity index (χ1v) is 22.4. The Balaban J connectivity index is 3.97. The van der Waals surface area contributed by atoms with Crippen LogP contribution in [0.4, 0.5) is 0 Å². The molecule has 0 heterocycles. The quantitative estimate of drug-likeness (QED) is 0.0509. The largest absolute Gasteiger partial charge is 0.462 e. The fourth-order valence-electron chi connectivity index (χ4n) is 6.93. The molecule has 294 valence electrons. The Morgan fingerprint density at radius 1 is 0.469 bits per heavy atom. The van der Waals surface area contributed by atoms with Gasteiger partial charge >= 0.3 is 5.97 Å². The average Bonchev–Trinajstić information content (AvgIpc) is 3.10. The van der Waals surface area contributed by atoms with Crippen molar-refractivity contribution >= 4 is 5.97 Å². The molecule has 0 atom stereocenters. The molecule has 0 aromatic carbocycles. The number of carbonyl (C=O) groups is 1. The number of nitrogens with zero attached hydrogens (tertiary/aromatic N) is 1. The summed E-state index contributed by atoms with van der Waals surface area (Å²) >= 11 is 0. The zero-order valence-electron chi connectivity index (χ0n) is 33.9. The normalized spacial score (nSPS) is 11.7. The first kappa shape index (κ1) is 48.3. The lowest BCUT2D eigenvalue weighted by molar-refractivity contribution is -0.150. The molecule has 0 aromatic heterocycles. The van der Waals surface area contributed by atoms with Gasteiger partial charge in [0.25, 0.3) is 0 Å². The van der Waals surface area contributed by atoms with Crippen molar-refractivity contribution in [3.63, 3.8) is 0 Å². The molecule has 0 saturated heterocycles. The highest BCUT2D eigenvalue weighted by Crippen LogP contribution is 2.18. The molecule has 0 fully saturated rings. The predicted molar refractivity (Wildman–Crippen MR) is 216 cm³/mol. The molecule has 0 aliphatic heterocycles. The SMILES string of the molecule is CCCCCCCCOCCCCCCCCN(CCCN)CCCCCCCC(=O)OC(CCCCCCCC)CCCCCCCC. The molecular formula is C44H90N2O3. The van der Waals surface area contributed by atoms with Crippen LogP contribution in [0, 0.1) is 0 Å². The Labute approximate surface area is 308 Å². The highest BCUT2D eigenvalue weighted by Gasteiger charge is 2.14. The van der Waals surface area contributed by atoms with E-state index in [-0.39, 0.29) is 12.1 Å². The van der Waals surface area contributed by atoms with Crippen molar-refractivity contribution in [2.75, 3.05) is 39.4 Å². The number of ether oxygens (including phenoxy) is 2. The second-order valence-electron chi connectivity index (χ2n) is 15.2. The van der Waals surface area contributed by atoms with E-state index in [1.807, 2.05) is 0 Å². The number of carbonyl (C=O) groups excluding carboxylic acids is 1. The standard InChI is InChI=1S/C44H90N2O3/c1-4-7-10-13-19-26-34-43(35-27-20-14-11-8-5-2)49-44(47)36-28-21-18-23-30-39-46(40-33-37-45)38-29-22-16-17-25-32-42-48-41-31-24-15-12-9-6-3/h43H,4-42,45H2,1-3H3. The second-order valence-corrected chi connectivity index (χ2v) is 15.2. The Morgan fingerprint density at radius 2 is 0.837 bits per heavy atom. The molecule has 0 aliphatic rings. The summed E-state index contributed by atoms with van der Waals surface area (Å²) in [6, 6.07) is 0. The second kappa shape index (κ2) is 41.8. The highest BCUT2D eigenvalue weighted by molar-refractivity contribution is 5.69. The Bertz CT molecular complexity index is 615. The van der Waals surface area contributed by atoms with E-state index in [4.69, 9.17) is 15.2 Å². The molecule has 0 amide bonds. The van der Waals surface area contributed by atoms with Crippen LogP contribution in [0.25, 0.3) is 0 Å². The van der Waals surface area contributed by atoms with Crippen LogP contribution in [0.1, 0.15) is 233 Å². The van der Waals surface area contributed by atoms with Crippen LogP contribution in [0.15, 0.2) is 0 Å². The maximum atomic E-state index is 12.7. The summed E-state index contributed by atoms with van der Waals surface area (Å²) in [6.45, 7) is 13.1. The minimum atomic E-state index is 0.0479. The monoisotopic (exact) mass is 695 g/mol. The van der Waals surface area contributed by atoms with Crippen molar-refractivity contribution in [3.8, 4) is 0 Å². The van der Waals surface area contributed by atoms with Crippen molar-refractivity contribution in [2.24, 2.45) is 5.73 Å². The third-order valence-corrected chi connectivity index (χ3v) is 10.2. The van der Waals surface area contributed by atoms with Gasteiger partial charge in [-0.25, -0.2) is 0 Å². The van der Waals surface area contributed by atoms with Crippen LogP contribution in [-0.2, 0) is 14.3 Å². The fourth-order valence-corrected chi connectivity index (χ4v) is 6.93. The van der Waals surface area contributed by atoms with Gasteiger partial charge in [-0.3, -0.25) is 4.79 Å². The van der Waals surface area contributed by atoms with Crippen LogP contribution in [0.3, 0.4) is 0 Å². The Kier molecular flexibility index (Phi) is 41.2. The third-order valence-electron chi connectivity index (χ3n) is 10.2. The van der Waals surface area contributed by atoms with Crippen LogP contribution in [0.5, 0.6) is 0 Å². The van der Waals surface area contributed by atoms with E-state index in [1.165, 1.54) is 186 Å². The van der Waals surface area contributed by atoms with E-state index in [0.29, 0.717) is 6.42 Å². The van der Waals surface area contributed by atoms with E-state index in [1.54, 1.807) is 0 Å². The first-order valence-electron chi connectivity index (χ1n) is 22.4. The predicted octanol–water partition coefficient (Wildman–Crippen LogP) is 13.1. The minimum Gasteiger partial charge on any atom is -0.462 e. The van der Waals surface area contributed by atoms with Crippen molar-refractivity contribution in [1.82, 2.24) is 4.90 Å². The average molecular weight is 695 g/mol. The summed E-state index contributed by atoms with van der Waals surface area (Å²) in [7, 11) is 0. The third kappa shape index (κ3) is 38.4. The molecule has 0 aliphatic carbocycles. The number of unbranched alkanes of at least 4 members (excludes halogenated alkanes) is 24. The topological polar surface area (TPSA) is 64.8 Å². The molecule has 0 bridgehead atoms. The molecule has 0 rings (SSSR count). The van der Waals surface area contributed by atoms with Gasteiger partial charge in [-0.15, -0.1) is 0 Å². The molecule has 0 radical (unpaired) electrons. The van der Waals surface area contributed by atoms with Crippen molar-refractivity contribution in [2.45, 2.75) is 239 Å². The first-order chi connectivity index (χ1) is 24.2. The van der Waals surface area contributed by atoms with E-state index in [2.05, 4.69) is 25.7 Å². The summed E-state index contributed by atoms with van der Waals surface area (Å²) in [6.07, 6.45) is 41.3. The number of hydrogen-bond acceptors (Lipinski definition) is 5. The van der Waals surface area contributed by atoms with E-state index in [0.717, 1.165) is 58.4 Å². The summed E-state index contributed by atoms with van der Waals surface area (Å²) in [5, 5.41) is 0. The summed E-state index contributed by atoms with van der Waals surface area (Å²) in [5.41, 5.74) is 5.84. The zero-order chi connectivity index (χ0) is 35.7. The van der Waals surface area contributed by atoms with Gasteiger partial charge in [-0.2, -0.15) is 0 Å². The van der Waals surface area contributed by atoms with Gasteiger partial charge in [0.1, 0.15) is 6.10 Å². The van der Waals surface area contributed by atoms with E-state index in [9.17, 15) is 4.79 Å².